The average molecular weight is 507 g/mol. The second-order valence-electron chi connectivity index (χ2n) is 8.18. The highest BCUT2D eigenvalue weighted by Crippen LogP contribution is 2.25. The van der Waals surface area contributed by atoms with Crippen LogP contribution in [-0.4, -0.2) is 21.3 Å². The summed E-state index contributed by atoms with van der Waals surface area (Å²) in [6.45, 7) is 1.77. The van der Waals surface area contributed by atoms with Gasteiger partial charge in [0.05, 0.1) is 12.0 Å². The summed E-state index contributed by atoms with van der Waals surface area (Å²) < 4.78 is 12.4. The molecule has 0 saturated carbocycles. The van der Waals surface area contributed by atoms with Crippen molar-refractivity contribution < 1.29 is 13.6 Å². The number of aromatic nitrogens is 2. The number of hydrogen-bond donors (Lipinski definition) is 0. The van der Waals surface area contributed by atoms with Crippen LogP contribution in [0, 0.1) is 0 Å². The van der Waals surface area contributed by atoms with Gasteiger partial charge < -0.3 is 8.83 Å². The summed E-state index contributed by atoms with van der Waals surface area (Å²) in [6.07, 6.45) is 1.56. The third-order valence-electron chi connectivity index (χ3n) is 5.80. The highest BCUT2D eigenvalue weighted by atomic mass is 32.1. The molecule has 0 amide bonds. The Kier molecular flexibility index (Phi) is 5.66. The topological polar surface area (TPSA) is 103 Å². The predicted octanol–water partition coefficient (Wildman–Crippen LogP) is 5.34. The van der Waals surface area contributed by atoms with E-state index in [1.165, 1.54) is 4.68 Å². The molecule has 3 aromatic heterocycles. The lowest BCUT2D eigenvalue weighted by Crippen LogP contribution is -2.16. The summed E-state index contributed by atoms with van der Waals surface area (Å²) in [7, 11) is 0. The molecule has 9 heteroatoms. The molecule has 3 aromatic carbocycles. The fourth-order valence-electron chi connectivity index (χ4n) is 3.97. The molecule has 0 fully saturated rings. The van der Waals surface area contributed by atoms with E-state index in [0.29, 0.717) is 32.9 Å². The second-order valence-corrected chi connectivity index (χ2v) is 9.13. The number of carbonyl (C=O) groups excluding carboxylic acids is 1. The van der Waals surface area contributed by atoms with Crippen molar-refractivity contribution in [3.63, 3.8) is 0 Å². The van der Waals surface area contributed by atoms with Gasteiger partial charge >= 0.3 is 5.63 Å². The minimum absolute atomic E-state index is 0.0836. The lowest BCUT2D eigenvalue weighted by molar-refractivity contribution is 0.103. The van der Waals surface area contributed by atoms with E-state index in [4.69, 9.17) is 8.83 Å². The molecule has 0 unspecified atom stereocenters. The molecule has 37 heavy (non-hydrogen) atoms. The molecule has 0 aliphatic heterocycles. The number of rotatable bonds is 5. The smallest absolute Gasteiger partial charge is 0.347 e. The van der Waals surface area contributed by atoms with Crippen LogP contribution in [0.4, 0.5) is 0 Å². The Morgan fingerprint density at radius 2 is 1.76 bits per heavy atom. The van der Waals surface area contributed by atoms with Crippen LogP contribution in [-0.2, 0) is 0 Å². The molecular formula is C28H18N4O4S. The summed E-state index contributed by atoms with van der Waals surface area (Å²) in [5.74, 6) is 0.0308. The van der Waals surface area contributed by atoms with E-state index >= 15 is 0 Å². The van der Waals surface area contributed by atoms with Gasteiger partial charge in [0, 0.05) is 5.39 Å². The molecule has 180 valence electrons. The zero-order chi connectivity index (χ0) is 25.4. The van der Waals surface area contributed by atoms with Crippen molar-refractivity contribution >= 4 is 44.6 Å². The minimum atomic E-state index is -0.723. The van der Waals surface area contributed by atoms with Gasteiger partial charge in [-0.2, -0.15) is 5.10 Å². The highest BCUT2D eigenvalue weighted by Gasteiger charge is 2.21. The van der Waals surface area contributed by atoms with Crippen LogP contribution in [0.5, 0.6) is 0 Å². The van der Waals surface area contributed by atoms with E-state index < -0.39 is 11.4 Å². The third-order valence-corrected chi connectivity index (χ3v) is 6.70. The fraction of sp³-hybridized carbons (Fsp3) is 0.0357. The van der Waals surface area contributed by atoms with Crippen LogP contribution in [0.3, 0.4) is 0 Å². The van der Waals surface area contributed by atoms with E-state index in [9.17, 15) is 9.59 Å². The molecule has 3 heterocycles. The second kappa shape index (κ2) is 9.29. The molecule has 6 aromatic rings. The van der Waals surface area contributed by atoms with Crippen molar-refractivity contribution in [3.8, 4) is 5.69 Å². The predicted molar refractivity (Wildman–Crippen MR) is 141 cm³/mol. The number of fused-ring (bicyclic) bond motifs is 3. The number of para-hydroxylation sites is 1. The SMILES string of the molecule is C/C(=N\N=c1/sc(C(=O)c2cc3c(ccc4ccccc43)oc2=O)nn1-c1ccccc1)c1ccco1. The van der Waals surface area contributed by atoms with Crippen LogP contribution >= 0.6 is 11.3 Å². The van der Waals surface area contributed by atoms with Crippen LogP contribution in [0.2, 0.25) is 0 Å². The number of ketones is 1. The van der Waals surface area contributed by atoms with Gasteiger partial charge in [-0.1, -0.05) is 59.9 Å². The van der Waals surface area contributed by atoms with Gasteiger partial charge in [-0.05, 0) is 54.1 Å². The van der Waals surface area contributed by atoms with Crippen LogP contribution in [0.1, 0.15) is 28.0 Å². The summed E-state index contributed by atoms with van der Waals surface area (Å²) in [5, 5.41) is 15.7. The molecule has 6 rings (SSSR count). The Balaban J connectivity index is 1.50. The highest BCUT2D eigenvalue weighted by molar-refractivity contribution is 7.11. The van der Waals surface area contributed by atoms with E-state index in [1.807, 2.05) is 60.7 Å². The number of carbonyl (C=O) groups is 1. The molecule has 0 saturated heterocycles. The lowest BCUT2D eigenvalue weighted by Gasteiger charge is -2.04. The number of nitrogens with zero attached hydrogens (tertiary/aromatic N) is 4. The molecule has 0 spiro atoms. The van der Waals surface area contributed by atoms with E-state index in [-0.39, 0.29) is 10.6 Å². The number of benzene rings is 3. The Labute approximate surface area is 213 Å². The monoisotopic (exact) mass is 506 g/mol. The average Bonchev–Trinajstić information content (AvgIpc) is 3.62. The molecule has 0 atom stereocenters. The molecule has 8 nitrogen and oxygen atoms in total. The van der Waals surface area contributed by atoms with E-state index in [1.54, 1.807) is 37.5 Å². The van der Waals surface area contributed by atoms with Crippen molar-refractivity contribution in [1.29, 1.82) is 0 Å². The fourth-order valence-corrected chi connectivity index (χ4v) is 4.78. The maximum atomic E-state index is 13.6. The minimum Gasteiger partial charge on any atom is -0.463 e. The van der Waals surface area contributed by atoms with Crippen molar-refractivity contribution in [3.05, 3.63) is 123 Å². The Bertz CT molecular complexity index is 1930. The van der Waals surface area contributed by atoms with Crippen molar-refractivity contribution in [2.75, 3.05) is 0 Å². The molecular weight excluding hydrogens is 488 g/mol. The van der Waals surface area contributed by atoms with Gasteiger partial charge in [0.2, 0.25) is 10.6 Å². The molecule has 0 bridgehead atoms. The van der Waals surface area contributed by atoms with Crippen LogP contribution < -0.4 is 10.4 Å². The van der Waals surface area contributed by atoms with Crippen molar-refractivity contribution in [1.82, 2.24) is 9.78 Å². The van der Waals surface area contributed by atoms with E-state index in [0.717, 1.165) is 22.1 Å². The van der Waals surface area contributed by atoms with Gasteiger partial charge in [0.1, 0.15) is 22.6 Å². The summed E-state index contributed by atoms with van der Waals surface area (Å²) in [4.78, 5) is 26.7. The molecule has 0 N–H and O–H groups in total. The third kappa shape index (κ3) is 4.21. The summed E-state index contributed by atoms with van der Waals surface area (Å²) in [5.41, 5.74) is 0.850. The zero-order valence-corrected chi connectivity index (χ0v) is 20.3. The zero-order valence-electron chi connectivity index (χ0n) is 19.5. The Hall–Kier alpha value is -4.89. The van der Waals surface area contributed by atoms with Crippen LogP contribution in [0.15, 0.2) is 115 Å². The standard InChI is InChI=1S/C28H18N4O4S/c1-17(23-12-7-15-35-23)29-30-28-32(19-9-3-2-4-10-19)31-26(37-28)25(33)22-16-21-20-11-6-5-8-18(20)13-14-24(21)36-27(22)34/h2-16H,1H3/b29-17+,30-28-. The maximum absolute atomic E-state index is 13.6. The van der Waals surface area contributed by atoms with Crippen molar-refractivity contribution in [2.45, 2.75) is 6.92 Å². The first-order valence-electron chi connectivity index (χ1n) is 11.4. The van der Waals surface area contributed by atoms with Gasteiger partial charge in [-0.15, -0.1) is 10.2 Å². The molecule has 0 aliphatic rings. The first-order chi connectivity index (χ1) is 18.1. The largest absolute Gasteiger partial charge is 0.463 e. The van der Waals surface area contributed by atoms with Gasteiger partial charge in [0.15, 0.2) is 5.01 Å². The van der Waals surface area contributed by atoms with Gasteiger partial charge in [-0.3, -0.25) is 4.79 Å². The summed E-state index contributed by atoms with van der Waals surface area (Å²) in [6, 6.07) is 25.7. The first-order valence-corrected chi connectivity index (χ1v) is 12.2. The quantitative estimate of drug-likeness (QED) is 0.103. The van der Waals surface area contributed by atoms with Gasteiger partial charge in [-0.25, -0.2) is 9.48 Å². The summed E-state index contributed by atoms with van der Waals surface area (Å²) >= 11 is 1.03. The molecule has 0 aliphatic carbocycles. The number of furan rings is 1. The van der Waals surface area contributed by atoms with Gasteiger partial charge in [0.25, 0.3) is 0 Å². The lowest BCUT2D eigenvalue weighted by atomic mass is 10.0. The van der Waals surface area contributed by atoms with E-state index in [2.05, 4.69) is 15.3 Å². The Morgan fingerprint density at radius 3 is 2.57 bits per heavy atom. The normalized spacial score (nSPS) is 12.5. The molecule has 0 radical (unpaired) electrons. The maximum Gasteiger partial charge on any atom is 0.347 e. The first kappa shape index (κ1) is 22.6. The van der Waals surface area contributed by atoms with Crippen molar-refractivity contribution in [2.24, 2.45) is 10.2 Å². The number of hydrogen-bond acceptors (Lipinski definition) is 8. The Morgan fingerprint density at radius 1 is 0.946 bits per heavy atom. The van der Waals surface area contributed by atoms with Crippen LogP contribution in [0.25, 0.3) is 27.4 Å².